The Labute approximate surface area is 116 Å². The fourth-order valence-electron chi connectivity index (χ4n) is 1.74. The molecule has 1 heterocycles. The van der Waals surface area contributed by atoms with Gasteiger partial charge in [0, 0.05) is 13.1 Å². The molecular weight excluding hydrogens is 286 g/mol. The van der Waals surface area contributed by atoms with Crippen LogP contribution in [0.5, 0.6) is 0 Å². The first-order valence-electron chi connectivity index (χ1n) is 5.54. The lowest BCUT2D eigenvalue weighted by molar-refractivity contribution is 0.101. The Kier molecular flexibility index (Phi) is 3.52. The summed E-state index contributed by atoms with van der Waals surface area (Å²) in [7, 11) is -3.80. The molecule has 2 rings (SSSR count). The zero-order valence-corrected chi connectivity index (χ0v) is 12.0. The van der Waals surface area contributed by atoms with Gasteiger partial charge in [-0.15, -0.1) is 0 Å². The van der Waals surface area contributed by atoms with Crippen molar-refractivity contribution in [1.29, 1.82) is 0 Å². The monoisotopic (exact) mass is 297 g/mol. The predicted molar refractivity (Wildman–Crippen MR) is 73.2 cm³/mol. The molecule has 0 atom stereocenters. The Morgan fingerprint density at radius 2 is 1.74 bits per heavy atom. The van der Waals surface area contributed by atoms with E-state index in [0.29, 0.717) is 0 Å². The van der Waals surface area contributed by atoms with E-state index in [9.17, 15) is 13.2 Å². The second-order valence-electron chi connectivity index (χ2n) is 4.18. The summed E-state index contributed by atoms with van der Waals surface area (Å²) in [5.74, 6) is -0.398. The summed E-state index contributed by atoms with van der Waals surface area (Å²) < 4.78 is 25.8. The number of carbonyl (C=O) groups excluding carboxylic acids is 1. The van der Waals surface area contributed by atoms with Crippen LogP contribution in [0.25, 0.3) is 0 Å². The number of Topliss-reactive ketones (excluding diaryl/α,β-unsaturated/α-hetero) is 1. The van der Waals surface area contributed by atoms with E-state index in [1.165, 1.54) is 31.3 Å². The topological polar surface area (TPSA) is 56.1 Å². The first-order chi connectivity index (χ1) is 8.84. The van der Waals surface area contributed by atoms with E-state index in [0.717, 1.165) is 9.54 Å². The third kappa shape index (κ3) is 2.43. The van der Waals surface area contributed by atoms with Gasteiger partial charge in [-0.3, -0.25) is 4.79 Å². The lowest BCUT2D eigenvalue weighted by atomic mass is 10.2. The Morgan fingerprint density at radius 3 is 2.26 bits per heavy atom. The van der Waals surface area contributed by atoms with Crippen molar-refractivity contribution in [2.24, 2.45) is 0 Å². The summed E-state index contributed by atoms with van der Waals surface area (Å²) in [6, 6.07) is 7.80. The lowest BCUT2D eigenvalue weighted by Crippen LogP contribution is -2.17. The summed E-state index contributed by atoms with van der Waals surface area (Å²) in [6.45, 7) is 3.15. The number of aromatic nitrogens is 1. The Balaban J connectivity index is 2.64. The van der Waals surface area contributed by atoms with Crippen LogP contribution in [0.1, 0.15) is 23.0 Å². The van der Waals surface area contributed by atoms with Gasteiger partial charge < -0.3 is 0 Å². The Morgan fingerprint density at radius 1 is 1.16 bits per heavy atom. The molecule has 100 valence electrons. The normalized spacial score (nSPS) is 11.5. The van der Waals surface area contributed by atoms with E-state index in [-0.39, 0.29) is 15.6 Å². The number of aryl methyl sites for hydroxylation is 1. The minimum absolute atomic E-state index is 0.0257. The summed E-state index contributed by atoms with van der Waals surface area (Å²) in [6.07, 6.45) is 1.29. The van der Waals surface area contributed by atoms with Crippen molar-refractivity contribution in [3.63, 3.8) is 0 Å². The van der Waals surface area contributed by atoms with E-state index in [2.05, 4.69) is 0 Å². The summed E-state index contributed by atoms with van der Waals surface area (Å²) in [5.41, 5.74) is 0.929. The zero-order chi connectivity index (χ0) is 14.2. The summed E-state index contributed by atoms with van der Waals surface area (Å²) in [5, 5.41) is 0.128. The van der Waals surface area contributed by atoms with Crippen molar-refractivity contribution in [3.8, 4) is 0 Å². The van der Waals surface area contributed by atoms with Gasteiger partial charge in [0.15, 0.2) is 5.78 Å². The largest absolute Gasteiger partial charge is 0.293 e. The molecule has 0 radical (unpaired) electrons. The molecule has 0 amide bonds. The van der Waals surface area contributed by atoms with Gasteiger partial charge in [0.2, 0.25) is 0 Å². The van der Waals surface area contributed by atoms with Crippen molar-refractivity contribution >= 4 is 27.4 Å². The highest BCUT2D eigenvalue weighted by Gasteiger charge is 2.23. The number of rotatable bonds is 3. The number of benzene rings is 1. The summed E-state index contributed by atoms with van der Waals surface area (Å²) >= 11 is 5.85. The van der Waals surface area contributed by atoms with Crippen LogP contribution in [0.3, 0.4) is 0 Å². The third-order valence-corrected chi connectivity index (χ3v) is 4.71. The van der Waals surface area contributed by atoms with Gasteiger partial charge in [0.25, 0.3) is 10.0 Å². The molecule has 0 spiro atoms. The molecule has 1 aromatic heterocycles. The van der Waals surface area contributed by atoms with Gasteiger partial charge >= 0.3 is 0 Å². The minimum Gasteiger partial charge on any atom is -0.293 e. The molecular formula is C13H12ClNO3S. The lowest BCUT2D eigenvalue weighted by Gasteiger charge is -2.09. The average molecular weight is 298 g/mol. The maximum absolute atomic E-state index is 12.4. The number of hydrogen-bond acceptors (Lipinski definition) is 3. The fraction of sp³-hybridized carbons (Fsp3) is 0.154. The highest BCUT2D eigenvalue weighted by molar-refractivity contribution is 7.90. The van der Waals surface area contributed by atoms with Gasteiger partial charge in [0.1, 0.15) is 5.69 Å². The van der Waals surface area contributed by atoms with Crippen LogP contribution in [-0.2, 0) is 10.0 Å². The zero-order valence-electron chi connectivity index (χ0n) is 10.4. The van der Waals surface area contributed by atoms with Crippen LogP contribution in [-0.4, -0.2) is 18.2 Å². The van der Waals surface area contributed by atoms with Crippen molar-refractivity contribution in [2.45, 2.75) is 18.7 Å². The number of nitrogens with zero attached hydrogens (tertiary/aromatic N) is 1. The second-order valence-corrected chi connectivity index (χ2v) is 6.40. The smallest absolute Gasteiger partial charge is 0.268 e. The van der Waals surface area contributed by atoms with E-state index in [1.54, 1.807) is 12.1 Å². The highest BCUT2D eigenvalue weighted by atomic mass is 35.5. The highest BCUT2D eigenvalue weighted by Crippen LogP contribution is 2.23. The van der Waals surface area contributed by atoms with Crippen molar-refractivity contribution < 1.29 is 13.2 Å². The molecule has 0 aliphatic carbocycles. The summed E-state index contributed by atoms with van der Waals surface area (Å²) in [4.78, 5) is 11.6. The molecule has 0 saturated carbocycles. The van der Waals surface area contributed by atoms with E-state index in [4.69, 9.17) is 11.6 Å². The maximum atomic E-state index is 12.4. The second kappa shape index (κ2) is 4.83. The molecule has 0 aliphatic heterocycles. The van der Waals surface area contributed by atoms with Crippen LogP contribution < -0.4 is 0 Å². The van der Waals surface area contributed by atoms with Gasteiger partial charge in [-0.2, -0.15) is 0 Å². The van der Waals surface area contributed by atoms with E-state index in [1.807, 2.05) is 6.92 Å². The van der Waals surface area contributed by atoms with Crippen LogP contribution in [0.15, 0.2) is 41.4 Å². The Bertz CT molecular complexity index is 730. The molecule has 4 nitrogen and oxygen atoms in total. The van der Waals surface area contributed by atoms with Gasteiger partial charge in [-0.25, -0.2) is 12.4 Å². The predicted octanol–water partition coefficient (Wildman–Crippen LogP) is 2.89. The van der Waals surface area contributed by atoms with Crippen LogP contribution in [0, 0.1) is 6.92 Å². The molecule has 1 aromatic carbocycles. The Hall–Kier alpha value is -1.59. The SMILES string of the molecule is CC(=O)c1c(Cl)ccn1S(=O)(=O)c1ccc(C)cc1. The molecule has 0 fully saturated rings. The van der Waals surface area contributed by atoms with Crippen molar-refractivity contribution in [1.82, 2.24) is 3.97 Å². The molecule has 0 bridgehead atoms. The number of carbonyl (C=O) groups is 1. The first kappa shape index (κ1) is 13.8. The molecule has 2 aromatic rings. The number of hydrogen-bond donors (Lipinski definition) is 0. The van der Waals surface area contributed by atoms with Gasteiger partial charge in [0.05, 0.1) is 9.92 Å². The third-order valence-electron chi connectivity index (χ3n) is 2.71. The molecule has 0 aliphatic rings. The molecule has 0 N–H and O–H groups in total. The number of halogens is 1. The van der Waals surface area contributed by atoms with E-state index >= 15 is 0 Å². The quantitative estimate of drug-likeness (QED) is 0.819. The minimum atomic E-state index is -3.80. The van der Waals surface area contributed by atoms with E-state index < -0.39 is 15.8 Å². The van der Waals surface area contributed by atoms with Crippen LogP contribution in [0.2, 0.25) is 5.02 Å². The fourth-order valence-corrected chi connectivity index (χ4v) is 3.47. The van der Waals surface area contributed by atoms with Gasteiger partial charge in [-0.1, -0.05) is 29.3 Å². The molecule has 6 heteroatoms. The molecule has 19 heavy (non-hydrogen) atoms. The average Bonchev–Trinajstić information content (AvgIpc) is 2.72. The van der Waals surface area contributed by atoms with Crippen molar-refractivity contribution in [3.05, 3.63) is 52.8 Å². The van der Waals surface area contributed by atoms with Crippen molar-refractivity contribution in [2.75, 3.05) is 0 Å². The van der Waals surface area contributed by atoms with Gasteiger partial charge in [-0.05, 0) is 25.1 Å². The molecule has 0 unspecified atom stereocenters. The standard InChI is InChI=1S/C13H12ClNO3S/c1-9-3-5-11(6-4-9)19(17,18)15-8-7-12(14)13(15)10(2)16/h3-8H,1-2H3. The number of ketones is 1. The maximum Gasteiger partial charge on any atom is 0.268 e. The van der Waals surface area contributed by atoms with Crippen LogP contribution in [0.4, 0.5) is 0 Å². The molecule has 0 saturated heterocycles. The van der Waals surface area contributed by atoms with Crippen LogP contribution >= 0.6 is 11.6 Å². The first-order valence-corrected chi connectivity index (χ1v) is 7.36.